The zero-order chi connectivity index (χ0) is 15.4. The van der Waals surface area contributed by atoms with E-state index in [1.54, 1.807) is 24.3 Å². The number of aromatic amines is 1. The number of H-pyrrole nitrogens is 1. The normalized spacial score (nSPS) is 15.3. The standard InChI is InChI=1S/C17H21N3O2/c21-16-14-10-4-3-9-13(14)15(19-20-16)17(22)18-11-5-8-12-6-1-2-7-12/h3-4,9-10,12H,1-2,5-8,11H2,(H,18,22)(H,20,21). The van der Waals surface area contributed by atoms with Crippen LogP contribution in [0.5, 0.6) is 0 Å². The van der Waals surface area contributed by atoms with Crippen LogP contribution in [0.3, 0.4) is 0 Å². The first-order chi connectivity index (χ1) is 10.8. The minimum atomic E-state index is -0.270. The van der Waals surface area contributed by atoms with Crippen LogP contribution in [0.4, 0.5) is 0 Å². The van der Waals surface area contributed by atoms with Crippen LogP contribution >= 0.6 is 0 Å². The van der Waals surface area contributed by atoms with Gasteiger partial charge in [-0.2, -0.15) is 5.10 Å². The van der Waals surface area contributed by atoms with E-state index in [0.717, 1.165) is 12.3 Å². The Morgan fingerprint density at radius 2 is 1.95 bits per heavy atom. The van der Waals surface area contributed by atoms with Gasteiger partial charge in [-0.05, 0) is 24.8 Å². The van der Waals surface area contributed by atoms with Gasteiger partial charge < -0.3 is 5.32 Å². The van der Waals surface area contributed by atoms with Crippen LogP contribution < -0.4 is 10.9 Å². The first-order valence-electron chi connectivity index (χ1n) is 8.01. The molecule has 2 aromatic rings. The summed E-state index contributed by atoms with van der Waals surface area (Å²) in [5.41, 5.74) is 0.0180. The van der Waals surface area contributed by atoms with Gasteiger partial charge in [0.2, 0.25) is 0 Å². The van der Waals surface area contributed by atoms with Crippen LogP contribution in [0.1, 0.15) is 49.0 Å². The van der Waals surface area contributed by atoms with E-state index in [2.05, 4.69) is 15.5 Å². The van der Waals surface area contributed by atoms with Crippen molar-refractivity contribution in [2.45, 2.75) is 38.5 Å². The predicted molar refractivity (Wildman–Crippen MR) is 85.9 cm³/mol. The first-order valence-corrected chi connectivity index (χ1v) is 8.01. The van der Waals surface area contributed by atoms with E-state index >= 15 is 0 Å². The quantitative estimate of drug-likeness (QED) is 0.833. The van der Waals surface area contributed by atoms with Crippen molar-refractivity contribution in [3.05, 3.63) is 40.3 Å². The molecule has 1 saturated carbocycles. The van der Waals surface area contributed by atoms with Gasteiger partial charge >= 0.3 is 0 Å². The van der Waals surface area contributed by atoms with Crippen LogP contribution in [-0.2, 0) is 0 Å². The molecule has 1 aliphatic carbocycles. The number of hydrogen-bond acceptors (Lipinski definition) is 3. The summed E-state index contributed by atoms with van der Waals surface area (Å²) < 4.78 is 0. The summed E-state index contributed by atoms with van der Waals surface area (Å²) in [6.07, 6.45) is 7.55. The molecule has 0 saturated heterocycles. The molecule has 0 spiro atoms. The fourth-order valence-electron chi connectivity index (χ4n) is 3.26. The molecular formula is C17H21N3O2. The number of nitrogens with zero attached hydrogens (tertiary/aromatic N) is 1. The van der Waals surface area contributed by atoms with Gasteiger partial charge in [-0.25, -0.2) is 5.10 Å². The van der Waals surface area contributed by atoms with Crippen molar-refractivity contribution in [1.82, 2.24) is 15.5 Å². The van der Waals surface area contributed by atoms with Crippen molar-refractivity contribution in [1.29, 1.82) is 0 Å². The molecule has 1 aromatic heterocycles. The van der Waals surface area contributed by atoms with E-state index in [-0.39, 0.29) is 17.2 Å². The van der Waals surface area contributed by atoms with E-state index in [1.807, 2.05) is 0 Å². The molecule has 0 atom stereocenters. The summed E-state index contributed by atoms with van der Waals surface area (Å²) in [7, 11) is 0. The number of fused-ring (bicyclic) bond motifs is 1. The summed E-state index contributed by atoms with van der Waals surface area (Å²) in [4.78, 5) is 24.0. The minimum Gasteiger partial charge on any atom is -0.351 e. The highest BCUT2D eigenvalue weighted by Gasteiger charge is 2.16. The molecule has 2 N–H and O–H groups in total. The van der Waals surface area contributed by atoms with Gasteiger partial charge in [0.05, 0.1) is 5.39 Å². The SMILES string of the molecule is O=C(NCCCC1CCCC1)c1n[nH]c(=O)c2ccccc12. The summed E-state index contributed by atoms with van der Waals surface area (Å²) in [5.74, 6) is 0.614. The highest BCUT2D eigenvalue weighted by Crippen LogP contribution is 2.28. The van der Waals surface area contributed by atoms with Gasteiger partial charge in [0.15, 0.2) is 5.69 Å². The minimum absolute atomic E-state index is 0.223. The highest BCUT2D eigenvalue weighted by atomic mass is 16.2. The molecule has 1 aromatic carbocycles. The van der Waals surface area contributed by atoms with Crippen LogP contribution in [-0.4, -0.2) is 22.6 Å². The molecular weight excluding hydrogens is 278 g/mol. The van der Waals surface area contributed by atoms with E-state index in [9.17, 15) is 9.59 Å². The van der Waals surface area contributed by atoms with Gasteiger partial charge in [0.25, 0.3) is 11.5 Å². The van der Waals surface area contributed by atoms with E-state index in [4.69, 9.17) is 0 Å². The molecule has 116 valence electrons. The molecule has 1 aliphatic rings. The Kier molecular flexibility index (Phi) is 4.51. The van der Waals surface area contributed by atoms with E-state index in [1.165, 1.54) is 32.1 Å². The third-order valence-electron chi connectivity index (χ3n) is 4.46. The molecule has 5 heteroatoms. The highest BCUT2D eigenvalue weighted by molar-refractivity contribution is 6.04. The molecule has 0 bridgehead atoms. The zero-order valence-corrected chi connectivity index (χ0v) is 12.6. The van der Waals surface area contributed by atoms with Gasteiger partial charge in [-0.15, -0.1) is 0 Å². The van der Waals surface area contributed by atoms with Crippen molar-refractivity contribution in [2.75, 3.05) is 6.54 Å². The second-order valence-corrected chi connectivity index (χ2v) is 6.00. The largest absolute Gasteiger partial charge is 0.351 e. The number of rotatable bonds is 5. The third-order valence-corrected chi connectivity index (χ3v) is 4.46. The molecule has 1 amide bonds. The Morgan fingerprint density at radius 3 is 2.73 bits per heavy atom. The van der Waals surface area contributed by atoms with Gasteiger partial charge in [-0.3, -0.25) is 9.59 Å². The number of carbonyl (C=O) groups is 1. The van der Waals surface area contributed by atoms with Crippen molar-refractivity contribution in [3.63, 3.8) is 0 Å². The van der Waals surface area contributed by atoms with Crippen LogP contribution in [0.2, 0.25) is 0 Å². The number of aromatic nitrogens is 2. The molecule has 0 unspecified atom stereocenters. The number of amides is 1. The lowest BCUT2D eigenvalue weighted by atomic mass is 10.0. The van der Waals surface area contributed by atoms with Crippen molar-refractivity contribution < 1.29 is 4.79 Å². The molecule has 5 nitrogen and oxygen atoms in total. The molecule has 0 aliphatic heterocycles. The Morgan fingerprint density at radius 1 is 1.23 bits per heavy atom. The monoisotopic (exact) mass is 299 g/mol. The fourth-order valence-corrected chi connectivity index (χ4v) is 3.26. The average Bonchev–Trinajstić information content (AvgIpc) is 3.05. The molecule has 0 radical (unpaired) electrons. The lowest BCUT2D eigenvalue weighted by molar-refractivity contribution is 0.0948. The first kappa shape index (κ1) is 14.8. The van der Waals surface area contributed by atoms with Gasteiger partial charge in [0, 0.05) is 11.9 Å². The summed E-state index contributed by atoms with van der Waals surface area (Å²) in [6.45, 7) is 0.657. The van der Waals surface area contributed by atoms with Crippen molar-refractivity contribution >= 4 is 16.7 Å². The number of benzene rings is 1. The molecule has 3 rings (SSSR count). The summed E-state index contributed by atoms with van der Waals surface area (Å²) >= 11 is 0. The average molecular weight is 299 g/mol. The molecule has 1 heterocycles. The molecule has 1 fully saturated rings. The van der Waals surface area contributed by atoms with Crippen molar-refractivity contribution in [3.8, 4) is 0 Å². The maximum absolute atomic E-state index is 12.3. The van der Waals surface area contributed by atoms with Crippen LogP contribution in [0.25, 0.3) is 10.8 Å². The molecule has 22 heavy (non-hydrogen) atoms. The lowest BCUT2D eigenvalue weighted by Crippen LogP contribution is -2.27. The Balaban J connectivity index is 1.62. The summed E-state index contributed by atoms with van der Waals surface area (Å²) in [5, 5.41) is 10.3. The zero-order valence-electron chi connectivity index (χ0n) is 12.6. The fraction of sp³-hybridized carbons (Fsp3) is 0.471. The maximum atomic E-state index is 12.3. The Hall–Kier alpha value is -2.17. The number of nitrogens with one attached hydrogen (secondary N) is 2. The summed E-state index contributed by atoms with van der Waals surface area (Å²) in [6, 6.07) is 7.04. The second-order valence-electron chi connectivity index (χ2n) is 6.00. The Labute approximate surface area is 129 Å². The van der Waals surface area contributed by atoms with Gasteiger partial charge in [-0.1, -0.05) is 43.9 Å². The van der Waals surface area contributed by atoms with Crippen LogP contribution in [0.15, 0.2) is 29.1 Å². The predicted octanol–water partition coefficient (Wildman–Crippen LogP) is 2.62. The van der Waals surface area contributed by atoms with Crippen molar-refractivity contribution in [2.24, 2.45) is 5.92 Å². The van der Waals surface area contributed by atoms with Gasteiger partial charge in [0.1, 0.15) is 0 Å². The smallest absolute Gasteiger partial charge is 0.272 e. The number of carbonyl (C=O) groups excluding carboxylic acids is 1. The Bertz CT molecular complexity index is 717. The topological polar surface area (TPSA) is 74.8 Å². The number of hydrogen-bond donors (Lipinski definition) is 2. The van der Waals surface area contributed by atoms with Crippen LogP contribution in [0, 0.1) is 5.92 Å². The third kappa shape index (κ3) is 3.18. The lowest BCUT2D eigenvalue weighted by Gasteiger charge is -2.09. The van der Waals surface area contributed by atoms with E-state index < -0.39 is 0 Å². The van der Waals surface area contributed by atoms with E-state index in [0.29, 0.717) is 17.3 Å². The second kappa shape index (κ2) is 6.73. The maximum Gasteiger partial charge on any atom is 0.272 e.